The van der Waals surface area contributed by atoms with Gasteiger partial charge >= 0.3 is 0 Å². The van der Waals surface area contributed by atoms with Crippen molar-refractivity contribution < 1.29 is 0 Å². The molecule has 0 spiro atoms. The summed E-state index contributed by atoms with van der Waals surface area (Å²) in [5.74, 6) is 1.71. The quantitative estimate of drug-likeness (QED) is 0.670. The van der Waals surface area contributed by atoms with Crippen LogP contribution in [0.2, 0.25) is 0 Å². The highest BCUT2D eigenvalue weighted by molar-refractivity contribution is 4.99. The van der Waals surface area contributed by atoms with E-state index in [1.807, 2.05) is 0 Å². The van der Waals surface area contributed by atoms with Crippen molar-refractivity contribution in [1.29, 1.82) is 0 Å². The molecular weight excluding hydrogens is 146 g/mol. The first-order valence-electron chi connectivity index (χ1n) is 5.23. The second kappa shape index (κ2) is 3.37. The minimum atomic E-state index is 0.522. The molecule has 4 atom stereocenters. The Morgan fingerprint density at radius 2 is 2.00 bits per heavy atom. The van der Waals surface area contributed by atoms with Gasteiger partial charge in [-0.05, 0) is 37.1 Å². The van der Waals surface area contributed by atoms with Crippen molar-refractivity contribution in [1.82, 2.24) is 5.32 Å². The lowest BCUT2D eigenvalue weighted by molar-refractivity contribution is 0.180. The summed E-state index contributed by atoms with van der Waals surface area (Å²) in [5, 5.41) is 3.49. The molecule has 1 fully saturated rings. The Kier molecular flexibility index (Phi) is 2.82. The van der Waals surface area contributed by atoms with Crippen molar-refractivity contribution in [3.05, 3.63) is 0 Å². The summed E-state index contributed by atoms with van der Waals surface area (Å²) in [7, 11) is 2.10. The third-order valence-electron chi connectivity index (χ3n) is 4.20. The Bertz CT molecular complexity index is 155. The zero-order chi connectivity index (χ0) is 9.35. The van der Waals surface area contributed by atoms with Crippen LogP contribution in [-0.4, -0.2) is 13.1 Å². The average Bonchev–Trinajstić information content (AvgIpc) is 2.24. The Hall–Kier alpha value is -0.0400. The largest absolute Gasteiger partial charge is 0.316 e. The first-order chi connectivity index (χ1) is 5.56. The second-order valence-electron chi connectivity index (χ2n) is 4.74. The molecule has 0 bridgehead atoms. The zero-order valence-corrected chi connectivity index (χ0v) is 9.15. The predicted molar refractivity (Wildman–Crippen MR) is 54.2 cm³/mol. The van der Waals surface area contributed by atoms with Gasteiger partial charge in [0.25, 0.3) is 0 Å². The number of hydrogen-bond acceptors (Lipinski definition) is 1. The van der Waals surface area contributed by atoms with E-state index in [1.165, 1.54) is 12.8 Å². The molecule has 0 amide bonds. The Morgan fingerprint density at radius 3 is 2.33 bits per heavy atom. The molecule has 12 heavy (non-hydrogen) atoms. The van der Waals surface area contributed by atoms with Crippen LogP contribution in [0, 0.1) is 17.3 Å². The maximum Gasteiger partial charge on any atom is 0.0146 e. The fourth-order valence-corrected chi connectivity index (χ4v) is 3.10. The average molecular weight is 169 g/mol. The lowest BCUT2D eigenvalue weighted by Crippen LogP contribution is -2.42. The van der Waals surface area contributed by atoms with E-state index in [2.05, 4.69) is 40.1 Å². The van der Waals surface area contributed by atoms with Crippen LogP contribution in [0.25, 0.3) is 0 Å². The van der Waals surface area contributed by atoms with Crippen molar-refractivity contribution in [2.45, 2.75) is 46.6 Å². The molecule has 1 N–H and O–H groups in total. The van der Waals surface area contributed by atoms with Gasteiger partial charge in [0.05, 0.1) is 0 Å². The fourth-order valence-electron chi connectivity index (χ4n) is 3.10. The molecule has 0 aromatic heterocycles. The van der Waals surface area contributed by atoms with E-state index < -0.39 is 0 Å². The van der Waals surface area contributed by atoms with Crippen molar-refractivity contribution in [3.8, 4) is 0 Å². The van der Waals surface area contributed by atoms with Gasteiger partial charge in [0, 0.05) is 6.04 Å². The summed E-state index contributed by atoms with van der Waals surface area (Å²) in [6.45, 7) is 9.52. The Labute approximate surface area is 76.9 Å². The van der Waals surface area contributed by atoms with Crippen LogP contribution < -0.4 is 5.32 Å². The van der Waals surface area contributed by atoms with Gasteiger partial charge in [0.1, 0.15) is 0 Å². The highest BCUT2D eigenvalue weighted by atomic mass is 14.9. The monoisotopic (exact) mass is 169 g/mol. The van der Waals surface area contributed by atoms with Gasteiger partial charge in [-0.15, -0.1) is 0 Å². The van der Waals surface area contributed by atoms with E-state index in [0.717, 1.165) is 17.9 Å². The SMILES string of the molecule is CC[C@@]1(C)[C@H](C)C[C@H](C)[C@@H]1NC. The van der Waals surface area contributed by atoms with E-state index in [4.69, 9.17) is 0 Å². The third-order valence-corrected chi connectivity index (χ3v) is 4.20. The van der Waals surface area contributed by atoms with E-state index in [0.29, 0.717) is 5.41 Å². The first kappa shape index (κ1) is 10.0. The summed E-state index contributed by atoms with van der Waals surface area (Å²) < 4.78 is 0. The molecule has 0 radical (unpaired) electrons. The highest BCUT2D eigenvalue weighted by Crippen LogP contribution is 2.48. The Balaban J connectivity index is 2.81. The molecule has 0 aliphatic heterocycles. The summed E-state index contributed by atoms with van der Waals surface area (Å²) >= 11 is 0. The molecule has 0 unspecified atom stereocenters. The van der Waals surface area contributed by atoms with Crippen LogP contribution in [0.4, 0.5) is 0 Å². The molecule has 1 nitrogen and oxygen atoms in total. The molecule has 0 aromatic carbocycles. The van der Waals surface area contributed by atoms with E-state index in [9.17, 15) is 0 Å². The molecule has 0 saturated heterocycles. The van der Waals surface area contributed by atoms with Gasteiger partial charge in [-0.1, -0.05) is 27.7 Å². The van der Waals surface area contributed by atoms with Gasteiger partial charge in [0.15, 0.2) is 0 Å². The van der Waals surface area contributed by atoms with E-state index >= 15 is 0 Å². The minimum absolute atomic E-state index is 0.522. The molecule has 0 aromatic rings. The molecule has 1 saturated carbocycles. The number of rotatable bonds is 2. The third kappa shape index (κ3) is 1.28. The van der Waals surface area contributed by atoms with Gasteiger partial charge < -0.3 is 5.32 Å². The summed E-state index contributed by atoms with van der Waals surface area (Å²) in [4.78, 5) is 0. The zero-order valence-electron chi connectivity index (χ0n) is 9.15. The number of nitrogens with one attached hydrogen (secondary N) is 1. The predicted octanol–water partition coefficient (Wildman–Crippen LogP) is 2.67. The summed E-state index contributed by atoms with van der Waals surface area (Å²) in [5.41, 5.74) is 0.522. The highest BCUT2D eigenvalue weighted by Gasteiger charge is 2.45. The summed E-state index contributed by atoms with van der Waals surface area (Å²) in [6.07, 6.45) is 2.68. The maximum atomic E-state index is 3.49. The molecule has 0 heterocycles. The van der Waals surface area contributed by atoms with Gasteiger partial charge in [-0.2, -0.15) is 0 Å². The van der Waals surface area contributed by atoms with E-state index in [-0.39, 0.29) is 0 Å². The fraction of sp³-hybridized carbons (Fsp3) is 1.00. The maximum absolute atomic E-state index is 3.49. The standard InChI is InChI=1S/C11H23N/c1-6-11(4)9(3)7-8(2)10(11)12-5/h8-10,12H,6-7H2,1-5H3/t8-,9+,10-,11-/m0/s1. The van der Waals surface area contributed by atoms with Crippen LogP contribution in [0.5, 0.6) is 0 Å². The Morgan fingerprint density at radius 1 is 1.42 bits per heavy atom. The lowest BCUT2D eigenvalue weighted by Gasteiger charge is -2.35. The second-order valence-corrected chi connectivity index (χ2v) is 4.74. The lowest BCUT2D eigenvalue weighted by atomic mass is 9.75. The van der Waals surface area contributed by atoms with Gasteiger partial charge in [-0.25, -0.2) is 0 Å². The molecular formula is C11H23N. The van der Waals surface area contributed by atoms with Crippen molar-refractivity contribution in [3.63, 3.8) is 0 Å². The van der Waals surface area contributed by atoms with Crippen LogP contribution in [-0.2, 0) is 0 Å². The van der Waals surface area contributed by atoms with Crippen molar-refractivity contribution in [2.24, 2.45) is 17.3 Å². The molecule has 72 valence electrons. The molecule has 1 heteroatoms. The minimum Gasteiger partial charge on any atom is -0.316 e. The number of hydrogen-bond donors (Lipinski definition) is 1. The molecule has 1 rings (SSSR count). The van der Waals surface area contributed by atoms with Gasteiger partial charge in [-0.3, -0.25) is 0 Å². The normalized spacial score (nSPS) is 48.2. The first-order valence-corrected chi connectivity index (χ1v) is 5.23. The van der Waals surface area contributed by atoms with E-state index in [1.54, 1.807) is 0 Å². The molecule has 1 aliphatic rings. The van der Waals surface area contributed by atoms with Crippen molar-refractivity contribution in [2.75, 3.05) is 7.05 Å². The van der Waals surface area contributed by atoms with Crippen LogP contribution in [0.1, 0.15) is 40.5 Å². The molecule has 1 aliphatic carbocycles. The smallest absolute Gasteiger partial charge is 0.0146 e. The van der Waals surface area contributed by atoms with Crippen LogP contribution >= 0.6 is 0 Å². The van der Waals surface area contributed by atoms with Crippen LogP contribution in [0.3, 0.4) is 0 Å². The van der Waals surface area contributed by atoms with Crippen LogP contribution in [0.15, 0.2) is 0 Å². The topological polar surface area (TPSA) is 12.0 Å². The van der Waals surface area contributed by atoms with Gasteiger partial charge in [0.2, 0.25) is 0 Å². The van der Waals surface area contributed by atoms with Crippen molar-refractivity contribution >= 4 is 0 Å². The summed E-state index contributed by atoms with van der Waals surface area (Å²) in [6, 6.07) is 0.720.